The van der Waals surface area contributed by atoms with Gasteiger partial charge in [-0.15, -0.1) is 0 Å². The topological polar surface area (TPSA) is 29.1 Å². The van der Waals surface area contributed by atoms with Gasteiger partial charge in [0.2, 0.25) is 5.91 Å². The molecule has 2 heteroatoms. The number of nitrogens with one attached hydrogen (secondary N) is 1. The highest BCUT2D eigenvalue weighted by atomic mass is 16.1. The van der Waals surface area contributed by atoms with Crippen LogP contribution in [-0.4, -0.2) is 12.5 Å². The minimum Gasteiger partial charge on any atom is -0.356 e. The van der Waals surface area contributed by atoms with Gasteiger partial charge < -0.3 is 5.32 Å². The Morgan fingerprint density at radius 2 is 1.38 bits per heavy atom. The zero-order chi connectivity index (χ0) is 17.3. The van der Waals surface area contributed by atoms with E-state index in [9.17, 15) is 4.79 Å². The number of carbonyl (C=O) groups excluding carboxylic acids is 1. The number of rotatable bonds is 15. The summed E-state index contributed by atoms with van der Waals surface area (Å²) in [5.41, 5.74) is 1.32. The van der Waals surface area contributed by atoms with Crippen molar-refractivity contribution in [1.82, 2.24) is 5.32 Å². The number of hydrogen-bond acceptors (Lipinski definition) is 1. The van der Waals surface area contributed by atoms with Crippen molar-refractivity contribution in [3.05, 3.63) is 35.9 Å². The molecule has 0 radical (unpaired) electrons. The average molecular weight is 332 g/mol. The number of unbranched alkanes of at least 4 members (excludes halogenated alkanes) is 9. The van der Waals surface area contributed by atoms with Crippen molar-refractivity contribution in [1.29, 1.82) is 0 Å². The van der Waals surface area contributed by atoms with Gasteiger partial charge in [-0.2, -0.15) is 0 Å². The van der Waals surface area contributed by atoms with Gasteiger partial charge >= 0.3 is 0 Å². The molecule has 1 amide bonds. The van der Waals surface area contributed by atoms with Crippen LogP contribution in [0.3, 0.4) is 0 Å². The van der Waals surface area contributed by atoms with Crippen LogP contribution < -0.4 is 5.32 Å². The van der Waals surface area contributed by atoms with Crippen LogP contribution in [0.25, 0.3) is 0 Å². The molecule has 1 N–H and O–H groups in total. The summed E-state index contributed by atoms with van der Waals surface area (Å²) in [4.78, 5) is 11.8. The molecule has 0 aliphatic rings. The van der Waals surface area contributed by atoms with E-state index in [4.69, 9.17) is 0 Å². The van der Waals surface area contributed by atoms with E-state index in [-0.39, 0.29) is 5.91 Å². The van der Waals surface area contributed by atoms with E-state index in [2.05, 4.69) is 36.5 Å². The Morgan fingerprint density at radius 3 is 2.00 bits per heavy atom. The lowest BCUT2D eigenvalue weighted by molar-refractivity contribution is -0.121. The van der Waals surface area contributed by atoms with Gasteiger partial charge in [-0.3, -0.25) is 4.79 Å². The zero-order valence-corrected chi connectivity index (χ0v) is 15.7. The highest BCUT2D eigenvalue weighted by Crippen LogP contribution is 2.10. The molecule has 1 aromatic carbocycles. The summed E-state index contributed by atoms with van der Waals surface area (Å²) in [7, 11) is 0. The number of carbonyl (C=O) groups is 1. The largest absolute Gasteiger partial charge is 0.356 e. The summed E-state index contributed by atoms with van der Waals surface area (Å²) >= 11 is 0. The van der Waals surface area contributed by atoms with E-state index in [1.54, 1.807) is 0 Å². The maximum Gasteiger partial charge on any atom is 0.220 e. The van der Waals surface area contributed by atoms with Crippen LogP contribution in [0.4, 0.5) is 0 Å². The molecule has 0 fully saturated rings. The maximum atomic E-state index is 11.8. The molecule has 0 aliphatic heterocycles. The summed E-state index contributed by atoms with van der Waals surface area (Å²) in [6.07, 6.45) is 16.0. The lowest BCUT2D eigenvalue weighted by Gasteiger charge is -2.06. The molecule has 0 aliphatic carbocycles. The first-order valence-electron chi connectivity index (χ1n) is 10.1. The molecule has 0 atom stereocenters. The van der Waals surface area contributed by atoms with E-state index in [0.29, 0.717) is 6.42 Å². The molecule has 2 nitrogen and oxygen atoms in total. The predicted molar refractivity (Wildman–Crippen MR) is 104 cm³/mol. The Balaban J connectivity index is 1.82. The smallest absolute Gasteiger partial charge is 0.220 e. The Hall–Kier alpha value is -1.31. The fraction of sp³-hybridized carbons (Fsp3) is 0.682. The molecule has 24 heavy (non-hydrogen) atoms. The average Bonchev–Trinajstić information content (AvgIpc) is 2.60. The van der Waals surface area contributed by atoms with Crippen LogP contribution in [-0.2, 0) is 11.2 Å². The minimum absolute atomic E-state index is 0.210. The molecule has 0 unspecified atom stereocenters. The normalized spacial score (nSPS) is 10.7. The summed E-state index contributed by atoms with van der Waals surface area (Å²) in [6, 6.07) is 10.4. The van der Waals surface area contributed by atoms with Crippen LogP contribution in [0.15, 0.2) is 30.3 Å². The van der Waals surface area contributed by atoms with Crippen molar-refractivity contribution in [2.75, 3.05) is 6.54 Å². The van der Waals surface area contributed by atoms with Gasteiger partial charge in [-0.1, -0.05) is 95.0 Å². The van der Waals surface area contributed by atoms with Gasteiger partial charge in [-0.25, -0.2) is 0 Å². The lowest BCUT2D eigenvalue weighted by atomic mass is 10.1. The molecule has 0 aromatic heterocycles. The molecular weight excluding hydrogens is 294 g/mol. The van der Waals surface area contributed by atoms with Crippen LogP contribution in [0.1, 0.15) is 89.5 Å². The second-order valence-corrected chi connectivity index (χ2v) is 6.87. The first kappa shape index (κ1) is 20.7. The monoisotopic (exact) mass is 331 g/mol. The van der Waals surface area contributed by atoms with Crippen molar-refractivity contribution in [2.45, 2.75) is 90.4 Å². The van der Waals surface area contributed by atoms with Crippen molar-refractivity contribution < 1.29 is 4.79 Å². The summed E-state index contributed by atoms with van der Waals surface area (Å²) in [6.45, 7) is 3.11. The molecule has 1 aromatic rings. The van der Waals surface area contributed by atoms with Crippen molar-refractivity contribution >= 4 is 5.91 Å². The van der Waals surface area contributed by atoms with Crippen molar-refractivity contribution in [2.24, 2.45) is 0 Å². The maximum absolute atomic E-state index is 11.8. The summed E-state index contributed by atoms with van der Waals surface area (Å²) in [5, 5.41) is 3.06. The quantitative estimate of drug-likeness (QED) is 0.390. The first-order valence-corrected chi connectivity index (χ1v) is 10.1. The number of hydrogen-bond donors (Lipinski definition) is 1. The summed E-state index contributed by atoms with van der Waals surface area (Å²) < 4.78 is 0. The third-order valence-electron chi connectivity index (χ3n) is 4.56. The van der Waals surface area contributed by atoms with E-state index < -0.39 is 0 Å². The van der Waals surface area contributed by atoms with Crippen molar-refractivity contribution in [3.63, 3.8) is 0 Å². The van der Waals surface area contributed by atoms with Gasteiger partial charge in [0, 0.05) is 13.0 Å². The van der Waals surface area contributed by atoms with E-state index in [0.717, 1.165) is 25.8 Å². The molecule has 0 spiro atoms. The molecule has 0 heterocycles. The van der Waals surface area contributed by atoms with E-state index in [1.165, 1.54) is 63.4 Å². The summed E-state index contributed by atoms with van der Waals surface area (Å²) in [5.74, 6) is 0.210. The second-order valence-electron chi connectivity index (χ2n) is 6.87. The molecule has 0 bridgehead atoms. The van der Waals surface area contributed by atoms with Crippen LogP contribution >= 0.6 is 0 Å². The fourth-order valence-corrected chi connectivity index (χ4v) is 3.03. The standard InChI is InChI=1S/C22H37NO/c1-2-3-4-5-6-7-8-9-10-14-20-23-22(24)19-15-18-21-16-12-11-13-17-21/h11-13,16-17H,2-10,14-15,18-20H2,1H3,(H,23,24). The predicted octanol–water partition coefficient (Wildman–Crippen LogP) is 6.05. The fourth-order valence-electron chi connectivity index (χ4n) is 3.03. The van der Waals surface area contributed by atoms with Gasteiger partial charge in [0.05, 0.1) is 0 Å². The first-order chi connectivity index (χ1) is 11.8. The SMILES string of the molecule is CCCCCCCCCCCCNC(=O)CCCc1ccccc1. The third-order valence-corrected chi connectivity index (χ3v) is 4.56. The number of amides is 1. The van der Waals surface area contributed by atoms with Crippen LogP contribution in [0.5, 0.6) is 0 Å². The minimum atomic E-state index is 0.210. The van der Waals surface area contributed by atoms with E-state index >= 15 is 0 Å². The zero-order valence-electron chi connectivity index (χ0n) is 15.7. The Bertz CT molecular complexity index is 402. The highest BCUT2D eigenvalue weighted by molar-refractivity contribution is 5.75. The third kappa shape index (κ3) is 12.2. The van der Waals surface area contributed by atoms with Crippen LogP contribution in [0.2, 0.25) is 0 Å². The molecular formula is C22H37NO. The second kappa shape index (κ2) is 15.2. The Kier molecular flexibility index (Phi) is 13.2. The Labute approximate surface area is 149 Å². The number of aryl methyl sites for hydroxylation is 1. The molecule has 136 valence electrons. The van der Waals surface area contributed by atoms with Gasteiger partial charge in [0.25, 0.3) is 0 Å². The highest BCUT2D eigenvalue weighted by Gasteiger charge is 2.01. The van der Waals surface area contributed by atoms with Gasteiger partial charge in [-0.05, 0) is 24.8 Å². The van der Waals surface area contributed by atoms with Crippen LogP contribution in [0, 0.1) is 0 Å². The Morgan fingerprint density at radius 1 is 0.792 bits per heavy atom. The molecule has 0 saturated heterocycles. The van der Waals surface area contributed by atoms with E-state index in [1.807, 2.05) is 6.07 Å². The number of benzene rings is 1. The molecule has 1 rings (SSSR count). The van der Waals surface area contributed by atoms with Crippen molar-refractivity contribution in [3.8, 4) is 0 Å². The van der Waals surface area contributed by atoms with Gasteiger partial charge in [0.15, 0.2) is 0 Å². The molecule has 0 saturated carbocycles. The van der Waals surface area contributed by atoms with Gasteiger partial charge in [0.1, 0.15) is 0 Å². The lowest BCUT2D eigenvalue weighted by Crippen LogP contribution is -2.24.